The Morgan fingerprint density at radius 1 is 1.35 bits per heavy atom. The summed E-state index contributed by atoms with van der Waals surface area (Å²) in [6.07, 6.45) is 1.32. The van der Waals surface area contributed by atoms with Gasteiger partial charge < -0.3 is 10.0 Å². The minimum Gasteiger partial charge on any atom is -0.481 e. The van der Waals surface area contributed by atoms with E-state index < -0.39 is 5.97 Å². The number of hydrogen-bond acceptors (Lipinski definition) is 2. The maximum atomic E-state index is 12.8. The molecule has 1 saturated carbocycles. The fraction of sp³-hybridized carbons (Fsp3) is 0.467. The Labute approximate surface area is 117 Å². The van der Waals surface area contributed by atoms with Crippen LogP contribution in [0.2, 0.25) is 0 Å². The molecule has 0 heterocycles. The number of carbonyl (C=O) groups is 2. The van der Waals surface area contributed by atoms with Crippen LogP contribution in [0.1, 0.15) is 30.7 Å². The third-order valence-corrected chi connectivity index (χ3v) is 3.67. The molecule has 1 amide bonds. The predicted molar refractivity (Wildman–Crippen MR) is 71.8 cm³/mol. The summed E-state index contributed by atoms with van der Waals surface area (Å²) in [5.41, 5.74) is 0.990. The first kappa shape index (κ1) is 14.5. The van der Waals surface area contributed by atoms with Gasteiger partial charge in [0.1, 0.15) is 5.82 Å². The molecule has 1 aliphatic rings. The van der Waals surface area contributed by atoms with E-state index in [9.17, 15) is 14.0 Å². The van der Waals surface area contributed by atoms with Crippen LogP contribution in [0.25, 0.3) is 0 Å². The van der Waals surface area contributed by atoms with Crippen molar-refractivity contribution in [2.24, 2.45) is 5.92 Å². The van der Waals surface area contributed by atoms with Crippen molar-refractivity contribution in [2.75, 3.05) is 13.6 Å². The Balaban J connectivity index is 1.83. The van der Waals surface area contributed by atoms with Gasteiger partial charge in [-0.1, -0.05) is 12.1 Å². The molecule has 0 saturated heterocycles. The third-order valence-electron chi connectivity index (χ3n) is 3.67. The van der Waals surface area contributed by atoms with Gasteiger partial charge in [-0.15, -0.1) is 0 Å². The van der Waals surface area contributed by atoms with Gasteiger partial charge in [0.2, 0.25) is 5.91 Å². The summed E-state index contributed by atoms with van der Waals surface area (Å²) in [7, 11) is 1.70. The van der Waals surface area contributed by atoms with E-state index >= 15 is 0 Å². The van der Waals surface area contributed by atoms with E-state index in [2.05, 4.69) is 0 Å². The topological polar surface area (TPSA) is 57.6 Å². The van der Waals surface area contributed by atoms with Gasteiger partial charge in [-0.25, -0.2) is 4.39 Å². The van der Waals surface area contributed by atoms with Gasteiger partial charge in [0.05, 0.1) is 0 Å². The van der Waals surface area contributed by atoms with Crippen molar-refractivity contribution < 1.29 is 19.1 Å². The molecule has 0 aliphatic heterocycles. The molecule has 1 aromatic rings. The van der Waals surface area contributed by atoms with Crippen molar-refractivity contribution in [1.29, 1.82) is 0 Å². The Morgan fingerprint density at radius 2 is 2.00 bits per heavy atom. The molecule has 4 nitrogen and oxygen atoms in total. The Kier molecular flexibility index (Phi) is 4.37. The number of aliphatic carboxylic acids is 1. The molecule has 0 bridgehead atoms. The molecular formula is C15H18FNO3. The first-order valence-electron chi connectivity index (χ1n) is 6.71. The zero-order valence-corrected chi connectivity index (χ0v) is 11.4. The van der Waals surface area contributed by atoms with Crippen LogP contribution in [-0.4, -0.2) is 35.5 Å². The van der Waals surface area contributed by atoms with E-state index in [0.717, 1.165) is 12.0 Å². The first-order chi connectivity index (χ1) is 9.49. The van der Waals surface area contributed by atoms with Crippen LogP contribution in [0.3, 0.4) is 0 Å². The fourth-order valence-electron chi connectivity index (χ4n) is 2.41. The van der Waals surface area contributed by atoms with Gasteiger partial charge >= 0.3 is 5.97 Å². The molecule has 0 unspecified atom stereocenters. The van der Waals surface area contributed by atoms with E-state index in [1.165, 1.54) is 12.1 Å². The summed E-state index contributed by atoms with van der Waals surface area (Å²) in [6.45, 7) is 0.456. The SMILES string of the molecule is CN(CCCC(=O)O)C(=O)[C@@H]1C[C@@H]1c1ccc(F)cc1. The molecule has 0 spiro atoms. The van der Waals surface area contributed by atoms with Crippen LogP contribution in [0.5, 0.6) is 0 Å². The van der Waals surface area contributed by atoms with Crippen molar-refractivity contribution in [3.8, 4) is 0 Å². The highest BCUT2D eigenvalue weighted by Gasteiger charge is 2.44. The number of rotatable bonds is 6. The Morgan fingerprint density at radius 3 is 2.60 bits per heavy atom. The maximum Gasteiger partial charge on any atom is 0.303 e. The molecule has 1 N–H and O–H groups in total. The standard InChI is InChI=1S/C15H18FNO3/c1-17(8-2-3-14(18)19)15(20)13-9-12(13)10-4-6-11(16)7-5-10/h4-7,12-13H,2-3,8-9H2,1H3,(H,18,19)/t12-,13-/m1/s1. The van der Waals surface area contributed by atoms with E-state index in [4.69, 9.17) is 5.11 Å². The van der Waals surface area contributed by atoms with Crippen LogP contribution < -0.4 is 0 Å². The fourth-order valence-corrected chi connectivity index (χ4v) is 2.41. The lowest BCUT2D eigenvalue weighted by Crippen LogP contribution is -2.29. The average Bonchev–Trinajstić information content (AvgIpc) is 3.18. The van der Waals surface area contributed by atoms with Crippen LogP contribution in [0.4, 0.5) is 4.39 Å². The Hall–Kier alpha value is -1.91. The number of hydrogen-bond donors (Lipinski definition) is 1. The monoisotopic (exact) mass is 279 g/mol. The smallest absolute Gasteiger partial charge is 0.303 e. The van der Waals surface area contributed by atoms with Crippen molar-refractivity contribution in [1.82, 2.24) is 4.90 Å². The number of carboxylic acid groups (broad SMARTS) is 1. The summed E-state index contributed by atoms with van der Waals surface area (Å²) in [6, 6.07) is 6.26. The summed E-state index contributed by atoms with van der Waals surface area (Å²) in [5, 5.41) is 8.57. The molecule has 2 atom stereocenters. The maximum absolute atomic E-state index is 12.8. The van der Waals surface area contributed by atoms with E-state index in [-0.39, 0.29) is 30.0 Å². The van der Waals surface area contributed by atoms with E-state index in [1.807, 2.05) is 0 Å². The molecule has 1 aromatic carbocycles. The second-order valence-corrected chi connectivity index (χ2v) is 5.26. The summed E-state index contributed by atoms with van der Waals surface area (Å²) < 4.78 is 12.8. The Bertz CT molecular complexity index is 500. The molecule has 108 valence electrons. The van der Waals surface area contributed by atoms with Crippen LogP contribution in [0.15, 0.2) is 24.3 Å². The lowest BCUT2D eigenvalue weighted by molar-refractivity contribution is -0.138. The van der Waals surface area contributed by atoms with Gasteiger partial charge in [0.25, 0.3) is 0 Å². The van der Waals surface area contributed by atoms with E-state index in [1.54, 1.807) is 24.1 Å². The van der Waals surface area contributed by atoms with Gasteiger partial charge in [-0.3, -0.25) is 9.59 Å². The highest BCUT2D eigenvalue weighted by Crippen LogP contribution is 2.48. The normalized spacial score (nSPS) is 20.5. The minimum atomic E-state index is -0.846. The van der Waals surface area contributed by atoms with E-state index in [0.29, 0.717) is 13.0 Å². The van der Waals surface area contributed by atoms with Crippen LogP contribution in [-0.2, 0) is 9.59 Å². The number of amides is 1. The second kappa shape index (κ2) is 6.03. The van der Waals surface area contributed by atoms with Gasteiger partial charge in [-0.05, 0) is 36.5 Å². The van der Waals surface area contributed by atoms with Crippen molar-refractivity contribution in [2.45, 2.75) is 25.2 Å². The molecule has 0 aromatic heterocycles. The lowest BCUT2D eigenvalue weighted by atomic mass is 10.1. The largest absolute Gasteiger partial charge is 0.481 e. The molecular weight excluding hydrogens is 261 g/mol. The zero-order valence-electron chi connectivity index (χ0n) is 11.4. The predicted octanol–water partition coefficient (Wildman–Crippen LogP) is 2.25. The van der Waals surface area contributed by atoms with Crippen molar-refractivity contribution in [3.05, 3.63) is 35.6 Å². The average molecular weight is 279 g/mol. The highest BCUT2D eigenvalue weighted by molar-refractivity contribution is 5.82. The molecule has 1 aliphatic carbocycles. The molecule has 5 heteroatoms. The summed E-state index contributed by atoms with van der Waals surface area (Å²) in [5.74, 6) is -0.949. The van der Waals surface area contributed by atoms with Crippen molar-refractivity contribution in [3.63, 3.8) is 0 Å². The third kappa shape index (κ3) is 3.56. The quantitative estimate of drug-likeness (QED) is 0.869. The first-order valence-corrected chi connectivity index (χ1v) is 6.71. The van der Waals surface area contributed by atoms with Crippen molar-refractivity contribution >= 4 is 11.9 Å². The highest BCUT2D eigenvalue weighted by atomic mass is 19.1. The molecule has 20 heavy (non-hydrogen) atoms. The summed E-state index contributed by atoms with van der Waals surface area (Å²) in [4.78, 5) is 24.2. The minimum absolute atomic E-state index is 0.0460. The van der Waals surface area contributed by atoms with Gasteiger partial charge in [0, 0.05) is 25.9 Å². The summed E-state index contributed by atoms with van der Waals surface area (Å²) >= 11 is 0. The van der Waals surface area contributed by atoms with Gasteiger partial charge in [0.15, 0.2) is 0 Å². The number of nitrogens with zero attached hydrogens (tertiary/aromatic N) is 1. The molecule has 2 rings (SSSR count). The molecule has 0 radical (unpaired) electrons. The van der Waals surface area contributed by atoms with Gasteiger partial charge in [-0.2, -0.15) is 0 Å². The number of carbonyl (C=O) groups excluding carboxylic acids is 1. The number of carboxylic acids is 1. The molecule has 1 fully saturated rings. The lowest BCUT2D eigenvalue weighted by Gasteiger charge is -2.16. The number of halogens is 1. The zero-order chi connectivity index (χ0) is 14.7. The van der Waals surface area contributed by atoms with Crippen LogP contribution in [0, 0.1) is 11.7 Å². The number of benzene rings is 1. The second-order valence-electron chi connectivity index (χ2n) is 5.26. The van der Waals surface area contributed by atoms with Crippen LogP contribution >= 0.6 is 0 Å².